The number of hydrogen-bond acceptors (Lipinski definition) is 4. The van der Waals surface area contributed by atoms with Gasteiger partial charge in [-0.3, -0.25) is 0 Å². The van der Waals surface area contributed by atoms with Crippen molar-refractivity contribution in [2.24, 2.45) is 0 Å². The number of benzene rings is 2. The summed E-state index contributed by atoms with van der Waals surface area (Å²) in [5, 5.41) is 3.56. The van der Waals surface area contributed by atoms with Gasteiger partial charge in [-0.15, -0.1) is 0 Å². The Kier molecular flexibility index (Phi) is 4.51. The maximum Gasteiger partial charge on any atom is 0.416 e. The predicted octanol–water partition coefficient (Wildman–Crippen LogP) is 5.84. The highest BCUT2D eigenvalue weighted by Crippen LogP contribution is 2.39. The van der Waals surface area contributed by atoms with Crippen LogP contribution in [0.5, 0.6) is 5.75 Å². The highest BCUT2D eigenvalue weighted by molar-refractivity contribution is 5.58. The third-order valence-corrected chi connectivity index (χ3v) is 4.48. The zero-order valence-corrected chi connectivity index (χ0v) is 14.5. The molecule has 2 heterocycles. The van der Waals surface area contributed by atoms with Crippen LogP contribution in [0.25, 0.3) is 11.4 Å². The molecule has 0 saturated heterocycles. The fourth-order valence-electron chi connectivity index (χ4n) is 3.07. The SMILES string of the molecule is FC(F)(F)c1cc(-c2noc([C@H]3CCc4ccccc4O3)n2)cc(C(F)(F)F)c1. The van der Waals surface area contributed by atoms with E-state index in [1.54, 1.807) is 12.1 Å². The molecule has 1 aromatic heterocycles. The number of rotatable bonds is 2. The van der Waals surface area contributed by atoms with E-state index in [0.717, 1.165) is 5.56 Å². The third kappa shape index (κ3) is 3.92. The Morgan fingerprint density at radius 3 is 2.21 bits per heavy atom. The van der Waals surface area contributed by atoms with Gasteiger partial charge in [0.25, 0.3) is 5.89 Å². The number of fused-ring (bicyclic) bond motifs is 1. The number of ether oxygens (including phenoxy) is 1. The van der Waals surface area contributed by atoms with Crippen LogP contribution < -0.4 is 4.74 Å². The van der Waals surface area contributed by atoms with Crippen LogP contribution in [-0.2, 0) is 18.8 Å². The minimum absolute atomic E-state index is 0.0135. The Morgan fingerprint density at radius 1 is 0.897 bits per heavy atom. The van der Waals surface area contributed by atoms with E-state index >= 15 is 0 Å². The molecule has 0 spiro atoms. The number of alkyl halides is 6. The molecule has 29 heavy (non-hydrogen) atoms. The van der Waals surface area contributed by atoms with Crippen molar-refractivity contribution in [3.8, 4) is 17.1 Å². The zero-order valence-electron chi connectivity index (χ0n) is 14.5. The van der Waals surface area contributed by atoms with E-state index < -0.39 is 35.1 Å². The summed E-state index contributed by atoms with van der Waals surface area (Å²) in [6, 6.07) is 8.45. The monoisotopic (exact) mass is 414 g/mol. The first kappa shape index (κ1) is 19.3. The van der Waals surface area contributed by atoms with Gasteiger partial charge in [0.2, 0.25) is 5.82 Å². The summed E-state index contributed by atoms with van der Waals surface area (Å²) in [7, 11) is 0. The molecule has 0 bridgehead atoms. The number of nitrogens with zero attached hydrogens (tertiary/aromatic N) is 2. The average Bonchev–Trinajstić information content (AvgIpc) is 3.16. The molecule has 2 aromatic carbocycles. The molecule has 0 amide bonds. The predicted molar refractivity (Wildman–Crippen MR) is 87.9 cm³/mol. The van der Waals surface area contributed by atoms with E-state index in [9.17, 15) is 26.3 Å². The first-order chi connectivity index (χ1) is 13.6. The molecular formula is C19H12F6N2O2. The number of aromatic nitrogens is 2. The smallest absolute Gasteiger partial charge is 0.416 e. The Morgan fingerprint density at radius 2 is 1.55 bits per heavy atom. The second kappa shape index (κ2) is 6.78. The zero-order chi connectivity index (χ0) is 20.8. The van der Waals surface area contributed by atoms with Crippen molar-refractivity contribution in [3.63, 3.8) is 0 Å². The summed E-state index contributed by atoms with van der Waals surface area (Å²) in [6.45, 7) is 0. The van der Waals surface area contributed by atoms with Crippen molar-refractivity contribution in [2.45, 2.75) is 31.3 Å². The van der Waals surface area contributed by atoms with Crippen LogP contribution in [0.2, 0.25) is 0 Å². The normalized spacial score (nSPS) is 17.0. The van der Waals surface area contributed by atoms with Crippen LogP contribution in [0.15, 0.2) is 47.0 Å². The van der Waals surface area contributed by atoms with Gasteiger partial charge >= 0.3 is 12.4 Å². The summed E-state index contributed by atoms with van der Waals surface area (Å²) in [5.74, 6) is 0.224. The van der Waals surface area contributed by atoms with Crippen molar-refractivity contribution in [2.75, 3.05) is 0 Å². The topological polar surface area (TPSA) is 48.2 Å². The second-order valence-corrected chi connectivity index (χ2v) is 6.50. The number of para-hydroxylation sites is 1. The second-order valence-electron chi connectivity index (χ2n) is 6.50. The van der Waals surface area contributed by atoms with Gasteiger partial charge in [0.05, 0.1) is 11.1 Å². The molecule has 3 aromatic rings. The van der Waals surface area contributed by atoms with Crippen LogP contribution in [0.3, 0.4) is 0 Å². The number of halogens is 6. The van der Waals surface area contributed by atoms with E-state index in [2.05, 4.69) is 10.1 Å². The molecule has 0 unspecified atom stereocenters. The minimum atomic E-state index is -4.96. The molecule has 10 heteroatoms. The molecule has 1 atom stereocenters. The van der Waals surface area contributed by atoms with Gasteiger partial charge in [-0.05, 0) is 42.7 Å². The van der Waals surface area contributed by atoms with Crippen LogP contribution >= 0.6 is 0 Å². The summed E-state index contributed by atoms with van der Waals surface area (Å²) < 4.78 is 89.1. The lowest BCUT2D eigenvalue weighted by molar-refractivity contribution is -0.143. The molecule has 4 nitrogen and oxygen atoms in total. The summed E-state index contributed by atoms with van der Waals surface area (Å²) in [5.41, 5.74) is -2.36. The van der Waals surface area contributed by atoms with Gasteiger partial charge in [0.1, 0.15) is 5.75 Å². The standard InChI is InChI=1S/C19H12F6N2O2/c20-18(21,22)12-7-11(8-13(9-12)19(23,24)25)16-26-17(29-27-16)15-6-5-10-3-1-2-4-14(10)28-15/h1-4,7-9,15H,5-6H2/t15-/m1/s1. The lowest BCUT2D eigenvalue weighted by Gasteiger charge is -2.23. The van der Waals surface area contributed by atoms with E-state index in [-0.39, 0.29) is 17.8 Å². The molecular weight excluding hydrogens is 402 g/mol. The van der Waals surface area contributed by atoms with Gasteiger partial charge in [-0.2, -0.15) is 31.3 Å². The van der Waals surface area contributed by atoms with E-state index in [4.69, 9.17) is 9.26 Å². The fraction of sp³-hybridized carbons (Fsp3) is 0.263. The highest BCUT2D eigenvalue weighted by Gasteiger charge is 2.37. The van der Waals surface area contributed by atoms with E-state index in [1.165, 1.54) is 0 Å². The molecule has 0 radical (unpaired) electrons. The fourth-order valence-corrected chi connectivity index (χ4v) is 3.07. The van der Waals surface area contributed by atoms with Gasteiger partial charge < -0.3 is 9.26 Å². The van der Waals surface area contributed by atoms with Crippen LogP contribution in [0, 0.1) is 0 Å². The highest BCUT2D eigenvalue weighted by atomic mass is 19.4. The van der Waals surface area contributed by atoms with Crippen molar-refractivity contribution in [3.05, 3.63) is 65.0 Å². The molecule has 1 aliphatic heterocycles. The van der Waals surface area contributed by atoms with Crippen molar-refractivity contribution in [1.29, 1.82) is 0 Å². The summed E-state index contributed by atoms with van der Waals surface area (Å²) in [6.07, 6.45) is -9.42. The van der Waals surface area contributed by atoms with Gasteiger partial charge in [-0.25, -0.2) is 0 Å². The van der Waals surface area contributed by atoms with E-state index in [1.807, 2.05) is 12.1 Å². The number of aryl methyl sites for hydroxylation is 1. The first-order valence-corrected chi connectivity index (χ1v) is 8.49. The maximum atomic E-state index is 13.0. The quantitative estimate of drug-likeness (QED) is 0.495. The van der Waals surface area contributed by atoms with Crippen LogP contribution in [-0.4, -0.2) is 10.1 Å². The minimum Gasteiger partial charge on any atom is -0.480 e. The molecule has 0 fully saturated rings. The average molecular weight is 414 g/mol. The molecule has 152 valence electrons. The van der Waals surface area contributed by atoms with Gasteiger partial charge in [0, 0.05) is 5.56 Å². The molecule has 1 aliphatic rings. The molecule has 4 rings (SSSR count). The Labute approximate surface area is 160 Å². The largest absolute Gasteiger partial charge is 0.480 e. The molecule has 0 saturated carbocycles. The lowest BCUT2D eigenvalue weighted by atomic mass is 10.0. The summed E-state index contributed by atoms with van der Waals surface area (Å²) in [4.78, 5) is 3.99. The van der Waals surface area contributed by atoms with E-state index in [0.29, 0.717) is 30.7 Å². The van der Waals surface area contributed by atoms with Crippen molar-refractivity contribution < 1.29 is 35.6 Å². The Hall–Kier alpha value is -3.04. The van der Waals surface area contributed by atoms with Gasteiger partial charge in [-0.1, -0.05) is 23.4 Å². The Balaban J connectivity index is 1.68. The molecule has 0 aliphatic carbocycles. The van der Waals surface area contributed by atoms with Crippen molar-refractivity contribution in [1.82, 2.24) is 10.1 Å². The summed E-state index contributed by atoms with van der Waals surface area (Å²) >= 11 is 0. The first-order valence-electron chi connectivity index (χ1n) is 8.49. The van der Waals surface area contributed by atoms with Crippen LogP contribution in [0.1, 0.15) is 35.1 Å². The lowest BCUT2D eigenvalue weighted by Crippen LogP contribution is -2.15. The Bertz CT molecular complexity index is 1010. The van der Waals surface area contributed by atoms with Crippen LogP contribution in [0.4, 0.5) is 26.3 Å². The van der Waals surface area contributed by atoms with Crippen molar-refractivity contribution >= 4 is 0 Å². The number of hydrogen-bond donors (Lipinski definition) is 0. The third-order valence-electron chi connectivity index (χ3n) is 4.48. The van der Waals surface area contributed by atoms with Gasteiger partial charge in [0.15, 0.2) is 6.10 Å². The maximum absolute atomic E-state index is 13.0. The molecule has 0 N–H and O–H groups in total.